The third-order valence-corrected chi connectivity index (χ3v) is 25.2. The first-order chi connectivity index (χ1) is 6.48. The van der Waals surface area contributed by atoms with Gasteiger partial charge in [-0.15, -0.1) is 0 Å². The molecule has 76 valence electrons. The molecule has 1 aliphatic rings. The Morgan fingerprint density at radius 2 is 1.50 bits per heavy atom. The molecule has 2 nitrogen and oxygen atoms in total. The number of hydrogen-bond acceptors (Lipinski definition) is 2. The van der Waals surface area contributed by atoms with Crippen molar-refractivity contribution in [1.29, 1.82) is 0 Å². The molecule has 0 bridgehead atoms. The van der Waals surface area contributed by atoms with Gasteiger partial charge in [0.15, 0.2) is 0 Å². The van der Waals surface area contributed by atoms with Crippen molar-refractivity contribution in [2.45, 2.75) is 23.9 Å². The van der Waals surface area contributed by atoms with E-state index >= 15 is 0 Å². The Bertz CT molecular complexity index is 417. The Morgan fingerprint density at radius 3 is 1.79 bits per heavy atom. The van der Waals surface area contributed by atoms with Crippen LogP contribution in [0.2, 0.25) is 23.9 Å². The first kappa shape index (κ1) is 11.6. The summed E-state index contributed by atoms with van der Waals surface area (Å²) in [7, 11) is 0. The predicted molar refractivity (Wildman–Crippen MR) is 56.8 cm³/mol. The van der Waals surface area contributed by atoms with Crippen molar-refractivity contribution in [2.75, 3.05) is 0 Å². The van der Waals surface area contributed by atoms with Crippen molar-refractivity contribution >= 4 is 14.6 Å². The van der Waals surface area contributed by atoms with E-state index in [9.17, 15) is 9.59 Å². The zero-order valence-electron chi connectivity index (χ0n) is 8.61. The third kappa shape index (κ3) is 1.69. The average molecular weight is 290 g/mol. The van der Waals surface area contributed by atoms with E-state index in [0.717, 1.165) is 0 Å². The fourth-order valence-corrected chi connectivity index (χ4v) is 15.6. The molecule has 0 saturated carbocycles. The van der Waals surface area contributed by atoms with E-state index in [1.54, 1.807) is 0 Å². The molecule has 0 atom stereocenters. The summed E-state index contributed by atoms with van der Waals surface area (Å²) < 4.78 is 4.29. The molecule has 0 amide bonds. The Kier molecular flexibility index (Phi) is 3.29. The van der Waals surface area contributed by atoms with Crippen molar-refractivity contribution < 1.29 is 24.0 Å². The predicted octanol–water partition coefficient (Wildman–Crippen LogP) is 2.02. The van der Waals surface area contributed by atoms with Crippen LogP contribution < -0.4 is 0 Å². The summed E-state index contributed by atoms with van der Waals surface area (Å²) in [6.45, 7) is 6.22. The molecular weight excluding hydrogens is 276 g/mol. The molecule has 1 rings (SSSR count). The van der Waals surface area contributed by atoms with Crippen LogP contribution in [0.15, 0.2) is 24.3 Å². The minimum atomic E-state index is -3.25. The van der Waals surface area contributed by atoms with Crippen LogP contribution in [0, 0.1) is 0 Å². The van der Waals surface area contributed by atoms with E-state index in [1.807, 2.05) is 24.3 Å². The van der Waals surface area contributed by atoms with E-state index < -0.39 is 20.5 Å². The van der Waals surface area contributed by atoms with Gasteiger partial charge < -0.3 is 0 Å². The van der Waals surface area contributed by atoms with Crippen LogP contribution in [0.1, 0.15) is 0 Å². The van der Waals surface area contributed by atoms with Gasteiger partial charge in [-0.3, -0.25) is 0 Å². The zero-order chi connectivity index (χ0) is 10.8. The Balaban J connectivity index is 3.51. The number of rotatable bonds is 2. The fourth-order valence-electron chi connectivity index (χ4n) is 1.43. The van der Waals surface area contributed by atoms with E-state index in [4.69, 9.17) is 0 Å². The van der Waals surface area contributed by atoms with Gasteiger partial charge in [0.1, 0.15) is 0 Å². The summed E-state index contributed by atoms with van der Waals surface area (Å²) in [5.74, 6) is 0. The molecule has 1 aliphatic carbocycles. The van der Waals surface area contributed by atoms with E-state index in [2.05, 4.69) is 28.2 Å². The second-order valence-corrected chi connectivity index (χ2v) is 26.6. The molecule has 4 heteroatoms. The van der Waals surface area contributed by atoms with Crippen molar-refractivity contribution in [2.24, 2.45) is 0 Å². The summed E-state index contributed by atoms with van der Waals surface area (Å²) in [5.41, 5.74) is 0. The van der Waals surface area contributed by atoms with Crippen LogP contribution >= 0.6 is 0 Å². The molecule has 0 aromatic carbocycles. The fraction of sp³-hybridized carbons (Fsp3) is 0.400. The second-order valence-electron chi connectivity index (χ2n) is 4.17. The monoisotopic (exact) mass is 292 g/mol. The number of hydrogen-bond donors (Lipinski definition) is 0. The zero-order valence-corrected chi connectivity index (χ0v) is 11.6. The van der Waals surface area contributed by atoms with Crippen LogP contribution in [0.3, 0.4) is 0 Å². The first-order valence-electron chi connectivity index (χ1n) is 4.42. The van der Waals surface area contributed by atoms with Crippen LogP contribution in [0.25, 0.3) is 0 Å². The van der Waals surface area contributed by atoms with Crippen LogP contribution in [0.4, 0.5) is 0 Å². The van der Waals surface area contributed by atoms with Crippen LogP contribution in [0.5, 0.6) is 0 Å². The van der Waals surface area contributed by atoms with Gasteiger partial charge in [0.05, 0.1) is 0 Å². The summed E-state index contributed by atoms with van der Waals surface area (Å²) in [5, 5.41) is 0. The minimum absolute atomic E-state index is 0.0411. The number of carbonyl (C=O) groups excluding carboxylic acids is 2. The van der Waals surface area contributed by atoms with Gasteiger partial charge in [-0.1, -0.05) is 0 Å². The SMILES string of the molecule is C[Si](C)(C)[Mo](=[C]=O)(=[C]=O)[CH]1C=CC=C1. The Hall–Kier alpha value is -0.455. The molecule has 0 radical (unpaired) electrons. The molecule has 14 heavy (non-hydrogen) atoms. The standard InChI is InChI=1S/C5H5.C3H9Si.2CO.Mo/c1-2-4-5-3-1;1-4(2)3;2*1-2;/h1-5H;1-3H3;;;. The summed E-state index contributed by atoms with van der Waals surface area (Å²) in [4.78, 5) is 22.3. The van der Waals surface area contributed by atoms with Gasteiger partial charge in [0.2, 0.25) is 0 Å². The first-order valence-corrected chi connectivity index (χ1v) is 14.0. The quantitative estimate of drug-likeness (QED) is 0.729. The van der Waals surface area contributed by atoms with E-state index in [-0.39, 0.29) is 4.31 Å². The summed E-state index contributed by atoms with van der Waals surface area (Å²) in [6, 6.07) is -1.76. The normalized spacial score (nSPS) is 16.8. The Labute approximate surface area is 86.8 Å². The summed E-state index contributed by atoms with van der Waals surface area (Å²) in [6.07, 6.45) is 7.71. The van der Waals surface area contributed by atoms with Crippen LogP contribution in [-0.4, -0.2) is 14.6 Å². The van der Waals surface area contributed by atoms with E-state index in [1.165, 1.54) is 0 Å². The van der Waals surface area contributed by atoms with Gasteiger partial charge >= 0.3 is 86.8 Å². The Morgan fingerprint density at radius 1 is 1.07 bits per heavy atom. The topological polar surface area (TPSA) is 34.1 Å². The maximum absolute atomic E-state index is 11.2. The van der Waals surface area contributed by atoms with Crippen molar-refractivity contribution in [1.82, 2.24) is 0 Å². The molecule has 0 spiro atoms. The second kappa shape index (κ2) is 3.96. The van der Waals surface area contributed by atoms with E-state index in [0.29, 0.717) is 0 Å². The van der Waals surface area contributed by atoms with Crippen molar-refractivity contribution in [3.8, 4) is 0 Å². The maximum atomic E-state index is 11.2. The van der Waals surface area contributed by atoms with Gasteiger partial charge in [-0.25, -0.2) is 0 Å². The molecular formula is C10H14MoO2Si. The van der Waals surface area contributed by atoms with Crippen molar-refractivity contribution in [3.63, 3.8) is 0 Å². The molecule has 0 saturated heterocycles. The summed E-state index contributed by atoms with van der Waals surface area (Å²) >= 11 is -3.25. The van der Waals surface area contributed by atoms with Gasteiger partial charge in [0, 0.05) is 0 Å². The molecule has 0 aromatic heterocycles. The average Bonchev–Trinajstić information content (AvgIpc) is 2.58. The molecule has 0 aliphatic heterocycles. The molecule has 0 fully saturated rings. The van der Waals surface area contributed by atoms with Gasteiger partial charge in [0.25, 0.3) is 0 Å². The molecule has 0 heterocycles. The van der Waals surface area contributed by atoms with Gasteiger partial charge in [-0.05, 0) is 0 Å². The third-order valence-electron chi connectivity index (χ3n) is 2.35. The molecule has 0 aromatic rings. The molecule has 0 N–H and O–H groups in total. The van der Waals surface area contributed by atoms with Crippen LogP contribution in [-0.2, 0) is 24.0 Å². The van der Waals surface area contributed by atoms with Gasteiger partial charge in [-0.2, -0.15) is 0 Å². The molecule has 0 unspecified atom stereocenters. The number of allylic oxidation sites excluding steroid dienone is 4. The van der Waals surface area contributed by atoms with Crippen molar-refractivity contribution in [3.05, 3.63) is 24.3 Å².